The van der Waals surface area contributed by atoms with Gasteiger partial charge in [0.15, 0.2) is 0 Å². The topological polar surface area (TPSA) is 98.2 Å². The molecule has 97 valence electrons. The van der Waals surface area contributed by atoms with E-state index in [-0.39, 0.29) is 44.2 Å². The van der Waals surface area contributed by atoms with E-state index in [2.05, 4.69) is 0 Å². The van der Waals surface area contributed by atoms with Gasteiger partial charge in [0, 0.05) is 11.4 Å². The molecule has 4 N–H and O–H groups in total. The fourth-order valence-corrected chi connectivity index (χ4v) is 1.26. The Morgan fingerprint density at radius 2 is 1.05 bits per heavy atom. The maximum Gasteiger partial charge on any atom is 2.00 e. The van der Waals surface area contributed by atoms with Crippen molar-refractivity contribution in [2.45, 2.75) is 13.8 Å². The van der Waals surface area contributed by atoms with Gasteiger partial charge in [0.1, 0.15) is 0 Å². The van der Waals surface area contributed by atoms with Gasteiger partial charge in [-0.3, -0.25) is 0 Å². The van der Waals surface area contributed by atoms with Crippen LogP contribution in [-0.2, 0) is 32.7 Å². The van der Waals surface area contributed by atoms with Crippen LogP contribution >= 0.6 is 0 Å². The molecule has 0 spiro atoms. The van der Waals surface area contributed by atoms with Crippen LogP contribution in [-0.4, -0.2) is 0 Å². The van der Waals surface area contributed by atoms with Crippen molar-refractivity contribution in [3.63, 3.8) is 0 Å². The molecule has 1 radical (unpaired) electrons. The van der Waals surface area contributed by atoms with Gasteiger partial charge in [-0.25, -0.2) is 0 Å². The van der Waals surface area contributed by atoms with Gasteiger partial charge < -0.3 is 21.7 Å². The minimum Gasteiger partial charge on any atom is -0.872 e. The minimum absolute atomic E-state index is 0. The van der Waals surface area contributed by atoms with E-state index < -0.39 is 0 Å². The molecule has 19 heavy (non-hydrogen) atoms. The Kier molecular flexibility index (Phi) is 7.49. The molecule has 0 saturated carbocycles. The predicted molar refractivity (Wildman–Crippen MR) is 70.1 cm³/mol. The van der Waals surface area contributed by atoms with Gasteiger partial charge in [-0.05, 0) is 37.1 Å². The molecule has 0 saturated heterocycles. The maximum absolute atomic E-state index is 10.8. The Hall–Kier alpha value is -1.26. The van der Waals surface area contributed by atoms with Gasteiger partial charge in [0.25, 0.3) is 0 Å². The van der Waals surface area contributed by atoms with Crippen molar-refractivity contribution >= 4 is 11.4 Å². The Labute approximate surface area is 138 Å². The number of nitrogens with two attached hydrogens (primary N) is 2. The Bertz CT molecular complexity index is 455. The summed E-state index contributed by atoms with van der Waals surface area (Å²) in [6, 6.07) is 9.76. The van der Waals surface area contributed by atoms with E-state index in [9.17, 15) is 10.2 Å². The number of rotatable bonds is 0. The van der Waals surface area contributed by atoms with E-state index in [1.807, 2.05) is 0 Å². The van der Waals surface area contributed by atoms with Crippen LogP contribution in [0.3, 0.4) is 0 Å². The molecular formula is C14H16N2O2Y. The quantitative estimate of drug-likeness (QED) is 0.710. The van der Waals surface area contributed by atoms with E-state index in [0.717, 1.165) is 0 Å². The van der Waals surface area contributed by atoms with Crippen LogP contribution < -0.4 is 21.7 Å². The van der Waals surface area contributed by atoms with E-state index in [0.29, 0.717) is 22.5 Å². The summed E-state index contributed by atoms with van der Waals surface area (Å²) in [6.45, 7) is 3.44. The molecule has 0 aliphatic rings. The number of hydrogen-bond acceptors (Lipinski definition) is 4. The molecule has 0 atom stereocenters. The summed E-state index contributed by atoms with van der Waals surface area (Å²) in [4.78, 5) is 0. The molecular weight excluding hydrogens is 317 g/mol. The van der Waals surface area contributed by atoms with Crippen LogP contribution in [0.25, 0.3) is 0 Å². The summed E-state index contributed by atoms with van der Waals surface area (Å²) in [6.07, 6.45) is 0. The largest absolute Gasteiger partial charge is 2.00 e. The molecule has 0 heterocycles. The van der Waals surface area contributed by atoms with Gasteiger partial charge >= 0.3 is 32.7 Å². The van der Waals surface area contributed by atoms with Crippen molar-refractivity contribution in [3.8, 4) is 11.5 Å². The first-order valence-corrected chi connectivity index (χ1v) is 5.47. The Morgan fingerprint density at radius 3 is 1.26 bits per heavy atom. The zero-order valence-corrected chi connectivity index (χ0v) is 13.9. The summed E-state index contributed by atoms with van der Waals surface area (Å²) in [5.41, 5.74) is 13.3. The first kappa shape index (κ1) is 17.7. The third kappa shape index (κ3) is 5.09. The van der Waals surface area contributed by atoms with Crippen LogP contribution in [0.2, 0.25) is 0 Å². The molecule has 0 aliphatic heterocycles. The van der Waals surface area contributed by atoms with Gasteiger partial charge in [-0.2, -0.15) is 0 Å². The Balaban J connectivity index is 0.000000324. The van der Waals surface area contributed by atoms with Crippen molar-refractivity contribution in [1.82, 2.24) is 0 Å². The molecule has 5 heteroatoms. The van der Waals surface area contributed by atoms with E-state index in [1.54, 1.807) is 38.1 Å². The summed E-state index contributed by atoms with van der Waals surface area (Å²) < 4.78 is 0. The minimum atomic E-state index is 0. The number of hydrogen-bond donors (Lipinski definition) is 2. The second kappa shape index (κ2) is 8.02. The average Bonchev–Trinajstić information content (AvgIpc) is 2.34. The molecule has 2 rings (SSSR count). The van der Waals surface area contributed by atoms with E-state index in [4.69, 9.17) is 11.5 Å². The molecule has 4 nitrogen and oxygen atoms in total. The zero-order chi connectivity index (χ0) is 13.7. The van der Waals surface area contributed by atoms with Crippen LogP contribution in [0.4, 0.5) is 11.4 Å². The summed E-state index contributed by atoms with van der Waals surface area (Å²) >= 11 is 0. The maximum atomic E-state index is 10.8. The smallest absolute Gasteiger partial charge is 0.872 e. The monoisotopic (exact) mass is 333 g/mol. The van der Waals surface area contributed by atoms with Crippen LogP contribution in [0, 0.1) is 13.8 Å². The molecule has 0 bridgehead atoms. The van der Waals surface area contributed by atoms with Gasteiger partial charge in [-0.1, -0.05) is 24.3 Å². The second-order valence-corrected chi connectivity index (χ2v) is 3.94. The van der Waals surface area contributed by atoms with Crippen molar-refractivity contribution in [2.75, 3.05) is 11.5 Å². The molecule has 0 amide bonds. The van der Waals surface area contributed by atoms with Crippen molar-refractivity contribution in [3.05, 3.63) is 47.5 Å². The van der Waals surface area contributed by atoms with Crippen LogP contribution in [0.1, 0.15) is 11.1 Å². The number of anilines is 2. The van der Waals surface area contributed by atoms with Crippen molar-refractivity contribution < 1.29 is 42.9 Å². The van der Waals surface area contributed by atoms with Gasteiger partial charge in [0.2, 0.25) is 0 Å². The number of benzene rings is 2. The predicted octanol–water partition coefficient (Wildman–Crippen LogP) is 1.30. The van der Waals surface area contributed by atoms with Crippen molar-refractivity contribution in [2.24, 2.45) is 0 Å². The molecule has 2 aromatic rings. The molecule has 0 fully saturated rings. The van der Waals surface area contributed by atoms with E-state index >= 15 is 0 Å². The second-order valence-electron chi connectivity index (χ2n) is 3.94. The standard InChI is InChI=1S/2C7H9NO.Y/c2*1-5-6(8)3-2-4-7(5)9;/h2*2-4,9H,8H2,1H3;/q;;+2/p-2. The zero-order valence-electron chi connectivity index (χ0n) is 11.0. The fourth-order valence-electron chi connectivity index (χ4n) is 1.26. The third-order valence-electron chi connectivity index (χ3n) is 2.65. The molecule has 0 unspecified atom stereocenters. The summed E-state index contributed by atoms with van der Waals surface area (Å²) in [5, 5.41) is 21.5. The van der Waals surface area contributed by atoms with Crippen LogP contribution in [0.5, 0.6) is 11.5 Å². The van der Waals surface area contributed by atoms with Crippen molar-refractivity contribution in [1.29, 1.82) is 0 Å². The average molecular weight is 333 g/mol. The van der Waals surface area contributed by atoms with Crippen LogP contribution in [0.15, 0.2) is 36.4 Å². The summed E-state index contributed by atoms with van der Waals surface area (Å²) in [5.74, 6) is 0.0185. The summed E-state index contributed by atoms with van der Waals surface area (Å²) in [7, 11) is 0. The van der Waals surface area contributed by atoms with E-state index in [1.165, 1.54) is 12.1 Å². The fraction of sp³-hybridized carbons (Fsp3) is 0.143. The molecule has 2 aromatic carbocycles. The molecule has 0 aromatic heterocycles. The molecule has 0 aliphatic carbocycles. The normalized spacial score (nSPS) is 8.95. The SMILES string of the molecule is Cc1c(N)cccc1[O-].Cc1c(N)cccc1[O-].[Y+2]. The Morgan fingerprint density at radius 1 is 0.737 bits per heavy atom. The number of nitrogen functional groups attached to an aromatic ring is 2. The van der Waals surface area contributed by atoms with Gasteiger partial charge in [-0.15, -0.1) is 11.5 Å². The first-order valence-electron chi connectivity index (χ1n) is 5.47. The van der Waals surface area contributed by atoms with Gasteiger partial charge in [0.05, 0.1) is 0 Å². The first-order chi connectivity index (χ1) is 8.43. The third-order valence-corrected chi connectivity index (χ3v) is 2.65.